The van der Waals surface area contributed by atoms with Crippen LogP contribution < -0.4 is 10.6 Å². The molecule has 0 aliphatic carbocycles. The van der Waals surface area contributed by atoms with Crippen LogP contribution in [0.25, 0.3) is 0 Å². The molecule has 0 spiro atoms. The minimum absolute atomic E-state index is 0.0941. The molecule has 0 aromatic heterocycles. The van der Waals surface area contributed by atoms with Gasteiger partial charge in [-0.25, -0.2) is 8.42 Å². The molecule has 1 aliphatic rings. The molecule has 1 saturated heterocycles. The number of benzene rings is 2. The molecule has 1 aliphatic heterocycles. The monoisotopic (exact) mass is 401 g/mol. The second-order valence-electron chi connectivity index (χ2n) is 6.83. The third kappa shape index (κ3) is 4.40. The predicted molar refractivity (Wildman–Crippen MR) is 107 cm³/mol. The van der Waals surface area contributed by atoms with Crippen molar-refractivity contribution in [1.29, 1.82) is 0 Å². The molecule has 3 rings (SSSR count). The maximum absolute atomic E-state index is 13.0. The number of hydrogen-bond acceptors (Lipinski definition) is 4. The van der Waals surface area contributed by atoms with Crippen LogP contribution in [0.5, 0.6) is 0 Å². The van der Waals surface area contributed by atoms with E-state index in [1.165, 1.54) is 35.5 Å². The molecule has 1 fully saturated rings. The first-order valence-electron chi connectivity index (χ1n) is 9.04. The second kappa shape index (κ2) is 8.12. The van der Waals surface area contributed by atoms with Gasteiger partial charge in [-0.2, -0.15) is 4.31 Å². The Morgan fingerprint density at radius 1 is 0.964 bits per heavy atom. The lowest BCUT2D eigenvalue weighted by molar-refractivity contribution is -0.119. The Bertz CT molecular complexity index is 970. The van der Waals surface area contributed by atoms with Gasteiger partial charge in [0.25, 0.3) is 0 Å². The molecular weight excluding hydrogens is 378 g/mol. The molecule has 2 amide bonds. The molecule has 0 saturated carbocycles. The second-order valence-corrected chi connectivity index (χ2v) is 8.73. The van der Waals surface area contributed by atoms with Crippen molar-refractivity contribution in [2.75, 3.05) is 17.2 Å². The van der Waals surface area contributed by atoms with Crippen LogP contribution in [0.3, 0.4) is 0 Å². The highest BCUT2D eigenvalue weighted by Crippen LogP contribution is 2.27. The van der Waals surface area contributed by atoms with Gasteiger partial charge >= 0.3 is 0 Å². The Hall–Kier alpha value is -2.71. The summed E-state index contributed by atoms with van der Waals surface area (Å²) in [5, 5.41) is 5.40. The first-order chi connectivity index (χ1) is 13.3. The summed E-state index contributed by atoms with van der Waals surface area (Å²) in [6, 6.07) is 12.6. The van der Waals surface area contributed by atoms with Gasteiger partial charge in [0.1, 0.15) is 6.04 Å². The van der Waals surface area contributed by atoms with Gasteiger partial charge in [0.05, 0.1) is 4.90 Å². The van der Waals surface area contributed by atoms with Crippen molar-refractivity contribution in [3.05, 3.63) is 54.1 Å². The lowest BCUT2D eigenvalue weighted by Crippen LogP contribution is -2.43. The van der Waals surface area contributed by atoms with E-state index in [4.69, 9.17) is 0 Å². The van der Waals surface area contributed by atoms with Crippen molar-refractivity contribution in [2.24, 2.45) is 0 Å². The predicted octanol–water partition coefficient (Wildman–Crippen LogP) is 2.75. The van der Waals surface area contributed by atoms with E-state index in [0.29, 0.717) is 30.8 Å². The molecule has 0 bridgehead atoms. The number of nitrogens with one attached hydrogen (secondary N) is 2. The minimum Gasteiger partial charge on any atom is -0.326 e. The number of anilines is 2. The van der Waals surface area contributed by atoms with Crippen molar-refractivity contribution < 1.29 is 18.0 Å². The van der Waals surface area contributed by atoms with E-state index in [1.807, 2.05) is 19.1 Å². The first kappa shape index (κ1) is 20.0. The fraction of sp³-hybridized carbons (Fsp3) is 0.300. The van der Waals surface area contributed by atoms with Gasteiger partial charge in [-0.1, -0.05) is 17.7 Å². The van der Waals surface area contributed by atoms with E-state index in [-0.39, 0.29) is 16.7 Å². The highest BCUT2D eigenvalue weighted by Gasteiger charge is 2.39. The molecule has 28 heavy (non-hydrogen) atoms. The van der Waals surface area contributed by atoms with E-state index in [9.17, 15) is 18.0 Å². The maximum atomic E-state index is 13.0. The van der Waals surface area contributed by atoms with Crippen LogP contribution in [0.1, 0.15) is 25.3 Å². The zero-order valence-corrected chi connectivity index (χ0v) is 16.6. The third-order valence-electron chi connectivity index (χ3n) is 4.61. The molecule has 1 heterocycles. The van der Waals surface area contributed by atoms with E-state index < -0.39 is 16.1 Å². The smallest absolute Gasteiger partial charge is 0.243 e. The summed E-state index contributed by atoms with van der Waals surface area (Å²) in [5.41, 5.74) is 2.23. The zero-order valence-electron chi connectivity index (χ0n) is 15.8. The zero-order chi connectivity index (χ0) is 20.3. The number of carbonyl (C=O) groups is 2. The fourth-order valence-corrected chi connectivity index (χ4v) is 4.86. The minimum atomic E-state index is -3.82. The summed E-state index contributed by atoms with van der Waals surface area (Å²) in [5.74, 6) is -0.567. The van der Waals surface area contributed by atoms with Gasteiger partial charge in [-0.3, -0.25) is 9.59 Å². The average Bonchev–Trinajstić information content (AvgIpc) is 3.14. The van der Waals surface area contributed by atoms with Gasteiger partial charge in [0.2, 0.25) is 21.8 Å². The first-order valence-corrected chi connectivity index (χ1v) is 10.5. The van der Waals surface area contributed by atoms with Gasteiger partial charge in [-0.05, 0) is 56.2 Å². The summed E-state index contributed by atoms with van der Waals surface area (Å²) in [6.45, 7) is 3.63. The summed E-state index contributed by atoms with van der Waals surface area (Å²) < 4.78 is 27.3. The summed E-state index contributed by atoms with van der Waals surface area (Å²) in [6.07, 6.45) is 1.09. The molecule has 2 aromatic rings. The standard InChI is InChI=1S/C20H23N3O4S/c1-14-5-7-17(8-6-14)22-20(25)19-4-3-13-23(19)28(26,27)18-11-9-16(10-12-18)21-15(2)24/h5-12,19H,3-4,13H2,1-2H3,(H,21,24)(H,22,25)/t19-/m0/s1. The van der Waals surface area contributed by atoms with Gasteiger partial charge in [0.15, 0.2) is 0 Å². The highest BCUT2D eigenvalue weighted by molar-refractivity contribution is 7.89. The molecule has 148 valence electrons. The van der Waals surface area contributed by atoms with Crippen molar-refractivity contribution >= 4 is 33.2 Å². The fourth-order valence-electron chi connectivity index (χ4n) is 3.20. The van der Waals surface area contributed by atoms with E-state index in [0.717, 1.165) is 5.56 Å². The van der Waals surface area contributed by atoms with Gasteiger partial charge < -0.3 is 10.6 Å². The molecule has 7 nitrogen and oxygen atoms in total. The Morgan fingerprint density at radius 2 is 1.54 bits per heavy atom. The lowest BCUT2D eigenvalue weighted by atomic mass is 10.2. The summed E-state index contributed by atoms with van der Waals surface area (Å²) in [7, 11) is -3.82. The van der Waals surface area contributed by atoms with Crippen LogP contribution in [0.15, 0.2) is 53.4 Å². The SMILES string of the molecule is CC(=O)Nc1ccc(S(=O)(=O)N2CCC[C@H]2C(=O)Nc2ccc(C)cc2)cc1. The molecule has 8 heteroatoms. The molecule has 1 atom stereocenters. The van der Waals surface area contributed by atoms with Crippen LogP contribution in [0, 0.1) is 6.92 Å². The number of sulfonamides is 1. The number of rotatable bonds is 5. The topological polar surface area (TPSA) is 95.6 Å². The van der Waals surface area contributed by atoms with Gasteiger partial charge in [0, 0.05) is 24.8 Å². The summed E-state index contributed by atoms with van der Waals surface area (Å²) >= 11 is 0. The van der Waals surface area contributed by atoms with Crippen LogP contribution in [0.2, 0.25) is 0 Å². The number of nitrogens with zero attached hydrogens (tertiary/aromatic N) is 1. The molecule has 0 radical (unpaired) electrons. The maximum Gasteiger partial charge on any atom is 0.243 e. The highest BCUT2D eigenvalue weighted by atomic mass is 32.2. The van der Waals surface area contributed by atoms with Crippen molar-refractivity contribution in [3.63, 3.8) is 0 Å². The van der Waals surface area contributed by atoms with Crippen molar-refractivity contribution in [2.45, 2.75) is 37.6 Å². The molecule has 2 N–H and O–H groups in total. The van der Waals surface area contributed by atoms with Crippen molar-refractivity contribution in [3.8, 4) is 0 Å². The van der Waals surface area contributed by atoms with Crippen LogP contribution in [0.4, 0.5) is 11.4 Å². The summed E-state index contributed by atoms with van der Waals surface area (Å²) in [4.78, 5) is 23.9. The molecule has 2 aromatic carbocycles. The molecule has 0 unspecified atom stereocenters. The normalized spacial score (nSPS) is 17.3. The Labute approximate surface area is 164 Å². The lowest BCUT2D eigenvalue weighted by Gasteiger charge is -2.23. The Kier molecular flexibility index (Phi) is 5.81. The molecular formula is C20H23N3O4S. The van der Waals surface area contributed by atoms with E-state index in [2.05, 4.69) is 10.6 Å². The van der Waals surface area contributed by atoms with E-state index in [1.54, 1.807) is 12.1 Å². The largest absolute Gasteiger partial charge is 0.326 e. The number of carbonyl (C=O) groups excluding carboxylic acids is 2. The van der Waals surface area contributed by atoms with Crippen LogP contribution in [-0.4, -0.2) is 37.1 Å². The number of aryl methyl sites for hydroxylation is 1. The van der Waals surface area contributed by atoms with Gasteiger partial charge in [-0.15, -0.1) is 0 Å². The van der Waals surface area contributed by atoms with Crippen molar-refractivity contribution in [1.82, 2.24) is 4.31 Å². The Balaban J connectivity index is 1.77. The number of hydrogen-bond donors (Lipinski definition) is 2. The average molecular weight is 401 g/mol. The Morgan fingerprint density at radius 3 is 2.14 bits per heavy atom. The van der Waals surface area contributed by atoms with Crippen LogP contribution >= 0.6 is 0 Å². The van der Waals surface area contributed by atoms with E-state index >= 15 is 0 Å². The third-order valence-corrected chi connectivity index (χ3v) is 6.53. The quantitative estimate of drug-likeness (QED) is 0.805. The van der Waals surface area contributed by atoms with Crippen LogP contribution in [-0.2, 0) is 19.6 Å². The number of amides is 2.